The molecule has 4 nitrogen and oxygen atoms in total. The SMILES string of the molecule is CC1CCN(c2c[nH]c(=O)cn2)CC1. The molecular weight excluding hydrogens is 178 g/mol. The van der Waals surface area contributed by atoms with E-state index in [9.17, 15) is 4.79 Å². The van der Waals surface area contributed by atoms with Gasteiger partial charge in [-0.1, -0.05) is 6.92 Å². The molecule has 0 saturated carbocycles. The van der Waals surface area contributed by atoms with E-state index in [1.165, 1.54) is 19.0 Å². The van der Waals surface area contributed by atoms with Crippen molar-refractivity contribution < 1.29 is 0 Å². The third kappa shape index (κ3) is 1.95. The fourth-order valence-corrected chi connectivity index (χ4v) is 1.75. The largest absolute Gasteiger partial charge is 0.355 e. The Balaban J connectivity index is 2.08. The standard InChI is InChI=1S/C10H15N3O/c1-8-2-4-13(5-3-8)9-6-12-10(14)7-11-9/h6-8H,2-5H2,1H3,(H,12,14). The van der Waals surface area contributed by atoms with Gasteiger partial charge in [-0.25, -0.2) is 4.98 Å². The first-order valence-electron chi connectivity index (χ1n) is 5.05. The molecule has 4 heteroatoms. The highest BCUT2D eigenvalue weighted by Gasteiger charge is 2.16. The molecule has 0 unspecified atom stereocenters. The van der Waals surface area contributed by atoms with Crippen LogP contribution in [-0.4, -0.2) is 23.1 Å². The zero-order chi connectivity index (χ0) is 9.97. The molecule has 0 radical (unpaired) electrons. The van der Waals surface area contributed by atoms with E-state index in [0.29, 0.717) is 0 Å². The minimum absolute atomic E-state index is 0.140. The maximum absolute atomic E-state index is 10.8. The summed E-state index contributed by atoms with van der Waals surface area (Å²) < 4.78 is 0. The van der Waals surface area contributed by atoms with Gasteiger partial charge >= 0.3 is 0 Å². The maximum Gasteiger partial charge on any atom is 0.266 e. The summed E-state index contributed by atoms with van der Waals surface area (Å²) in [5.41, 5.74) is -0.140. The molecule has 1 saturated heterocycles. The summed E-state index contributed by atoms with van der Waals surface area (Å²) in [6.07, 6.45) is 5.45. The third-order valence-electron chi connectivity index (χ3n) is 2.77. The molecule has 2 heterocycles. The summed E-state index contributed by atoms with van der Waals surface area (Å²) in [4.78, 5) is 19.8. The molecule has 1 aliphatic rings. The number of nitrogens with zero attached hydrogens (tertiary/aromatic N) is 2. The van der Waals surface area contributed by atoms with Gasteiger partial charge in [-0.15, -0.1) is 0 Å². The smallest absolute Gasteiger partial charge is 0.266 e. The van der Waals surface area contributed by atoms with Crippen LogP contribution in [0.25, 0.3) is 0 Å². The molecule has 0 amide bonds. The predicted molar refractivity (Wildman–Crippen MR) is 55.5 cm³/mol. The predicted octanol–water partition coefficient (Wildman–Crippen LogP) is 1.01. The summed E-state index contributed by atoms with van der Waals surface area (Å²) in [5.74, 6) is 1.70. The number of piperidine rings is 1. The van der Waals surface area contributed by atoms with Crippen LogP contribution in [0.1, 0.15) is 19.8 Å². The van der Waals surface area contributed by atoms with Gasteiger partial charge in [-0.05, 0) is 18.8 Å². The summed E-state index contributed by atoms with van der Waals surface area (Å²) in [6.45, 7) is 4.36. The van der Waals surface area contributed by atoms with Crippen molar-refractivity contribution in [1.29, 1.82) is 0 Å². The molecule has 0 bridgehead atoms. The highest BCUT2D eigenvalue weighted by atomic mass is 16.1. The number of hydrogen-bond acceptors (Lipinski definition) is 3. The van der Waals surface area contributed by atoms with E-state index in [1.54, 1.807) is 6.20 Å². The monoisotopic (exact) mass is 193 g/mol. The van der Waals surface area contributed by atoms with Gasteiger partial charge in [0, 0.05) is 19.3 Å². The van der Waals surface area contributed by atoms with Gasteiger partial charge in [0.2, 0.25) is 0 Å². The minimum Gasteiger partial charge on any atom is -0.355 e. The second-order valence-electron chi connectivity index (χ2n) is 3.94. The van der Waals surface area contributed by atoms with Crippen molar-refractivity contribution in [3.63, 3.8) is 0 Å². The molecule has 1 aromatic heterocycles. The quantitative estimate of drug-likeness (QED) is 0.724. The molecule has 0 aliphatic carbocycles. The number of H-pyrrole nitrogens is 1. The van der Waals surface area contributed by atoms with Crippen LogP contribution in [-0.2, 0) is 0 Å². The fraction of sp³-hybridized carbons (Fsp3) is 0.600. The lowest BCUT2D eigenvalue weighted by Gasteiger charge is -2.30. The van der Waals surface area contributed by atoms with Crippen LogP contribution in [0, 0.1) is 5.92 Å². The van der Waals surface area contributed by atoms with Gasteiger partial charge in [0.05, 0.1) is 6.20 Å². The zero-order valence-electron chi connectivity index (χ0n) is 8.36. The molecule has 1 aromatic rings. The van der Waals surface area contributed by atoms with Crippen molar-refractivity contribution in [3.8, 4) is 0 Å². The van der Waals surface area contributed by atoms with Crippen molar-refractivity contribution in [3.05, 3.63) is 22.7 Å². The molecule has 1 aliphatic heterocycles. The second-order valence-corrected chi connectivity index (χ2v) is 3.94. The number of nitrogens with one attached hydrogen (secondary N) is 1. The van der Waals surface area contributed by atoms with Crippen molar-refractivity contribution in [2.24, 2.45) is 5.92 Å². The molecule has 2 rings (SSSR count). The van der Waals surface area contributed by atoms with Gasteiger partial charge in [-0.3, -0.25) is 4.79 Å². The average molecular weight is 193 g/mol. The molecule has 1 fully saturated rings. The number of aromatic amines is 1. The Bertz CT molecular complexity index is 332. The summed E-state index contributed by atoms with van der Waals surface area (Å²) in [6, 6.07) is 0. The Kier molecular flexibility index (Phi) is 2.52. The first-order chi connectivity index (χ1) is 6.75. The Labute approximate surface area is 83.0 Å². The van der Waals surface area contributed by atoms with E-state index in [-0.39, 0.29) is 5.56 Å². The normalized spacial score (nSPS) is 18.5. The minimum atomic E-state index is -0.140. The molecule has 1 N–H and O–H groups in total. The maximum atomic E-state index is 10.8. The topological polar surface area (TPSA) is 49.0 Å². The number of hydrogen-bond donors (Lipinski definition) is 1. The fourth-order valence-electron chi connectivity index (χ4n) is 1.75. The lowest BCUT2D eigenvalue weighted by atomic mass is 9.99. The Hall–Kier alpha value is -1.32. The summed E-state index contributed by atoms with van der Waals surface area (Å²) in [7, 11) is 0. The first-order valence-corrected chi connectivity index (χ1v) is 5.05. The zero-order valence-corrected chi connectivity index (χ0v) is 8.36. The van der Waals surface area contributed by atoms with Crippen molar-refractivity contribution in [2.45, 2.75) is 19.8 Å². The van der Waals surface area contributed by atoms with Crippen LogP contribution in [0.4, 0.5) is 5.82 Å². The average Bonchev–Trinajstić information content (AvgIpc) is 2.21. The lowest BCUT2D eigenvalue weighted by molar-refractivity contribution is 0.436. The number of rotatable bonds is 1. The van der Waals surface area contributed by atoms with Gasteiger partial charge in [0.1, 0.15) is 5.82 Å². The first kappa shape index (κ1) is 9.24. The Morgan fingerprint density at radius 1 is 1.50 bits per heavy atom. The van der Waals surface area contributed by atoms with Crippen molar-refractivity contribution >= 4 is 5.82 Å². The molecule has 14 heavy (non-hydrogen) atoms. The van der Waals surface area contributed by atoms with Crippen LogP contribution in [0.15, 0.2) is 17.2 Å². The van der Waals surface area contributed by atoms with Crippen LogP contribution in [0.2, 0.25) is 0 Å². The van der Waals surface area contributed by atoms with Gasteiger partial charge < -0.3 is 9.88 Å². The lowest BCUT2D eigenvalue weighted by Crippen LogP contribution is -2.33. The van der Waals surface area contributed by atoms with E-state index < -0.39 is 0 Å². The number of anilines is 1. The molecule has 0 atom stereocenters. The molecule has 0 spiro atoms. The Morgan fingerprint density at radius 3 is 2.79 bits per heavy atom. The summed E-state index contributed by atoms with van der Waals surface area (Å²) >= 11 is 0. The van der Waals surface area contributed by atoms with Gasteiger partial charge in [0.25, 0.3) is 5.56 Å². The van der Waals surface area contributed by atoms with E-state index in [0.717, 1.165) is 24.8 Å². The van der Waals surface area contributed by atoms with Crippen LogP contribution < -0.4 is 10.5 Å². The van der Waals surface area contributed by atoms with Crippen molar-refractivity contribution in [2.75, 3.05) is 18.0 Å². The molecule has 0 aromatic carbocycles. The van der Waals surface area contributed by atoms with E-state index >= 15 is 0 Å². The number of aromatic nitrogens is 2. The van der Waals surface area contributed by atoms with Gasteiger partial charge in [-0.2, -0.15) is 0 Å². The second kappa shape index (κ2) is 3.82. The van der Waals surface area contributed by atoms with E-state index in [1.807, 2.05) is 0 Å². The Morgan fingerprint density at radius 2 is 2.21 bits per heavy atom. The van der Waals surface area contributed by atoms with Crippen LogP contribution in [0.5, 0.6) is 0 Å². The molecular formula is C10H15N3O. The molecule has 76 valence electrons. The highest BCUT2D eigenvalue weighted by Crippen LogP contribution is 2.19. The third-order valence-corrected chi connectivity index (χ3v) is 2.77. The van der Waals surface area contributed by atoms with E-state index in [2.05, 4.69) is 21.8 Å². The summed E-state index contributed by atoms with van der Waals surface area (Å²) in [5, 5.41) is 0. The highest BCUT2D eigenvalue weighted by molar-refractivity contribution is 5.35. The van der Waals surface area contributed by atoms with Gasteiger partial charge in [0.15, 0.2) is 0 Å². The van der Waals surface area contributed by atoms with Crippen LogP contribution >= 0.6 is 0 Å². The van der Waals surface area contributed by atoms with Crippen LogP contribution in [0.3, 0.4) is 0 Å². The van der Waals surface area contributed by atoms with Crippen molar-refractivity contribution in [1.82, 2.24) is 9.97 Å². The van der Waals surface area contributed by atoms with E-state index in [4.69, 9.17) is 0 Å².